The van der Waals surface area contributed by atoms with Crippen molar-refractivity contribution in [3.63, 3.8) is 0 Å². The molecule has 14 nitrogen and oxygen atoms in total. The second-order valence-corrected chi connectivity index (χ2v) is 33.6. The van der Waals surface area contributed by atoms with Crippen molar-refractivity contribution in [1.29, 1.82) is 0 Å². The number of nitrogens with zero attached hydrogens (tertiary/aromatic N) is 6. The Morgan fingerprint density at radius 3 is 1.35 bits per heavy atom. The molecule has 0 aliphatic carbocycles. The molecule has 4 atom stereocenters. The number of carbonyl (C=O) groups excluding carboxylic acids is 2. The lowest BCUT2D eigenvalue weighted by molar-refractivity contribution is -0.116. The number of carbonyl (C=O) groups is 2. The summed E-state index contributed by atoms with van der Waals surface area (Å²) in [5, 5.41) is 21.2. The maximum absolute atomic E-state index is 11.9. The van der Waals surface area contributed by atoms with Crippen LogP contribution in [0.25, 0.3) is 32.6 Å². The highest BCUT2D eigenvalue weighted by atomic mass is 35.5. The summed E-state index contributed by atoms with van der Waals surface area (Å²) in [6, 6.07) is 22.2. The first-order valence-electron chi connectivity index (χ1n) is 26.7. The van der Waals surface area contributed by atoms with E-state index in [1.807, 2.05) is 88.4 Å². The first kappa shape index (κ1) is 65.8. The number of aromatic nitrogens is 4. The van der Waals surface area contributed by atoms with Crippen molar-refractivity contribution in [3.8, 4) is 22.9 Å². The fraction of sp³-hybridized carbons (Fsp3) is 0.467. The lowest BCUT2D eigenvalue weighted by Crippen LogP contribution is -2.44. The second kappa shape index (κ2) is 28.6. The molecule has 424 valence electrons. The molecule has 2 heterocycles. The summed E-state index contributed by atoms with van der Waals surface area (Å²) in [5.74, 6) is 1.43. The minimum atomic E-state index is -2.09. The van der Waals surface area contributed by atoms with Gasteiger partial charge >= 0.3 is 0 Å². The van der Waals surface area contributed by atoms with Gasteiger partial charge in [0.25, 0.3) is 0 Å². The molecule has 4 aromatic carbocycles. The summed E-state index contributed by atoms with van der Waals surface area (Å²) >= 11 is 17.9. The fourth-order valence-electron chi connectivity index (χ4n) is 7.84. The Bertz CT molecular complexity index is 3080. The van der Waals surface area contributed by atoms with Gasteiger partial charge in [-0.25, -0.2) is 9.69 Å². The zero-order chi connectivity index (χ0) is 59.2. The van der Waals surface area contributed by atoms with Crippen LogP contribution in [-0.4, -0.2) is 60.4 Å². The van der Waals surface area contributed by atoms with E-state index < -0.39 is 16.6 Å². The number of nitrogens with one attached hydrogen (secondary N) is 1. The predicted molar refractivity (Wildman–Crippen MR) is 326 cm³/mol. The van der Waals surface area contributed by atoms with E-state index in [0.29, 0.717) is 76.4 Å². The molecule has 0 bridgehead atoms. The molecule has 0 aliphatic rings. The van der Waals surface area contributed by atoms with Gasteiger partial charge in [0.1, 0.15) is 0 Å². The highest BCUT2D eigenvalue weighted by Crippen LogP contribution is 2.43. The van der Waals surface area contributed by atoms with Gasteiger partial charge in [-0.15, -0.1) is 20.4 Å². The van der Waals surface area contributed by atoms with Gasteiger partial charge in [-0.05, 0) is 172 Å². The van der Waals surface area contributed by atoms with Crippen molar-refractivity contribution in [1.82, 2.24) is 20.4 Å². The van der Waals surface area contributed by atoms with Crippen molar-refractivity contribution in [3.05, 3.63) is 140 Å². The van der Waals surface area contributed by atoms with E-state index in [1.165, 1.54) is 0 Å². The highest BCUT2D eigenvalue weighted by molar-refractivity contribution is 6.74. The molecule has 0 saturated carbocycles. The van der Waals surface area contributed by atoms with Gasteiger partial charge in [-0.2, -0.15) is 0 Å². The Morgan fingerprint density at radius 2 is 1.03 bits per heavy atom. The van der Waals surface area contributed by atoms with Gasteiger partial charge in [0, 0.05) is 35.3 Å². The third kappa shape index (κ3) is 18.2. The summed E-state index contributed by atoms with van der Waals surface area (Å²) < 4.78 is 25.9. The fourth-order valence-corrected chi connectivity index (χ4v) is 11.4. The molecule has 6 aromatic rings. The number of benzene rings is 4. The summed E-state index contributed by atoms with van der Waals surface area (Å²) in [6.45, 7) is 48.9. The second-order valence-electron chi connectivity index (χ2n) is 22.9. The largest absolute Gasteiger partial charge is 0.420 e. The van der Waals surface area contributed by atoms with E-state index in [-0.39, 0.29) is 45.3 Å². The molecule has 0 radical (unpaired) electrons. The Balaban J connectivity index is 0.000000311. The van der Waals surface area contributed by atoms with E-state index in [9.17, 15) is 9.59 Å². The standard InChI is InChI=1S/C30H39ClN4O3Si.C26H33ClN4O2Si.C4H7ClO/c1-10-11-26(36)33-23-15-12-21(13-16-23)28-34-35-29(37-28)24(20(3)38-39(8,9)30(4,5)6)18-22-14-17-25(32-7)27(31)19(22)2;1-16-19(11-14-22(29-6)23(16)27)15-21(17(2)33-34(7,8)26(3,4)5)25-31-30-24(32-25)18-9-12-20(28)13-10-18;1-2-3-4(5)6/h12-17,20,24H,10-11,18H2,1-6,8-9H3,(H,33,36);9-14,17,21H,15,28H2,1-5,7-8H3;2-3H2,1H3/t20-,24-;17-,21-;/m11./s1. The van der Waals surface area contributed by atoms with Crippen molar-refractivity contribution in [2.75, 3.05) is 11.1 Å². The lowest BCUT2D eigenvalue weighted by atomic mass is 9.92. The topological polar surface area (TPSA) is 177 Å². The van der Waals surface area contributed by atoms with Crippen LogP contribution >= 0.6 is 34.8 Å². The van der Waals surface area contributed by atoms with Gasteiger partial charge in [-0.3, -0.25) is 9.59 Å². The van der Waals surface area contributed by atoms with Crippen LogP contribution in [0.1, 0.15) is 141 Å². The maximum atomic E-state index is 11.9. The molecule has 0 unspecified atom stereocenters. The molecule has 0 aliphatic heterocycles. The van der Waals surface area contributed by atoms with Crippen molar-refractivity contribution in [2.45, 2.75) is 182 Å². The average molecular weight is 1170 g/mol. The molecule has 6 rings (SSSR count). The van der Waals surface area contributed by atoms with Crippen molar-refractivity contribution >= 4 is 85.3 Å². The average Bonchev–Trinajstić information content (AvgIpc) is 4.09. The Hall–Kier alpha value is -5.70. The molecule has 0 fully saturated rings. The molecular weight excluding hydrogens is 1090 g/mol. The van der Waals surface area contributed by atoms with Crippen LogP contribution in [0.4, 0.5) is 22.7 Å². The lowest BCUT2D eigenvalue weighted by Gasteiger charge is -2.40. The van der Waals surface area contributed by atoms with E-state index in [2.05, 4.69) is 117 Å². The Morgan fingerprint density at radius 1 is 0.646 bits per heavy atom. The van der Waals surface area contributed by atoms with Crippen LogP contribution in [0, 0.1) is 27.0 Å². The number of rotatable bonds is 19. The number of hydrogen-bond acceptors (Lipinski definition) is 11. The van der Waals surface area contributed by atoms with Gasteiger partial charge in [0.15, 0.2) is 16.6 Å². The molecule has 3 N–H and O–H groups in total. The number of halogens is 3. The molecule has 79 heavy (non-hydrogen) atoms. The van der Waals surface area contributed by atoms with E-state index in [0.717, 1.165) is 51.9 Å². The SMILES string of the molecule is CCCC(=O)Cl.[C-]#[N+]c1ccc(C[C@@H](c2nnc(-c3ccc(N)cc3)o2)[C@@H](C)O[Si](C)(C)C(C)(C)C)c(C)c1Cl.[C-]#[N+]c1ccc(C[C@@H](c2nnc(-c3ccc(NC(=O)CCC)cc3)o2)[C@@H](C)O[Si](C)(C)C(C)(C)C)c(C)c1Cl. The summed E-state index contributed by atoms with van der Waals surface area (Å²) in [5.41, 5.74) is 13.5. The van der Waals surface area contributed by atoms with Gasteiger partial charge in [0.05, 0.1) is 47.2 Å². The zero-order valence-electron chi connectivity index (χ0n) is 48.8. The summed E-state index contributed by atoms with van der Waals surface area (Å²) in [6.07, 6.45) is 3.43. The number of hydrogen-bond donors (Lipinski definition) is 2. The van der Waals surface area contributed by atoms with Crippen LogP contribution in [0.5, 0.6) is 0 Å². The Labute approximate surface area is 485 Å². The number of nitrogens with two attached hydrogens (primary N) is 1. The summed E-state index contributed by atoms with van der Waals surface area (Å²) in [4.78, 5) is 28.8. The van der Waals surface area contributed by atoms with E-state index in [4.69, 9.17) is 71.4 Å². The van der Waals surface area contributed by atoms with Crippen LogP contribution in [0.3, 0.4) is 0 Å². The molecule has 0 spiro atoms. The van der Waals surface area contributed by atoms with Gasteiger partial charge in [0.2, 0.25) is 46.1 Å². The van der Waals surface area contributed by atoms with E-state index in [1.54, 1.807) is 12.1 Å². The molecule has 1 amide bonds. The third-order valence-electron chi connectivity index (χ3n) is 14.8. The maximum Gasteiger partial charge on any atom is 0.247 e. The number of anilines is 2. The third-order valence-corrected chi connectivity index (χ3v) is 25.1. The first-order valence-corrected chi connectivity index (χ1v) is 33.6. The molecule has 19 heteroatoms. The first-order chi connectivity index (χ1) is 36.9. The van der Waals surface area contributed by atoms with Gasteiger partial charge < -0.3 is 28.7 Å². The van der Waals surface area contributed by atoms with Crippen molar-refractivity contribution in [2.24, 2.45) is 0 Å². The van der Waals surface area contributed by atoms with Gasteiger partial charge in [-0.1, -0.05) is 103 Å². The smallest absolute Gasteiger partial charge is 0.247 e. The van der Waals surface area contributed by atoms with Crippen LogP contribution in [-0.2, 0) is 31.3 Å². The number of amides is 1. The van der Waals surface area contributed by atoms with Crippen LogP contribution in [0.2, 0.25) is 46.3 Å². The van der Waals surface area contributed by atoms with Crippen molar-refractivity contribution < 1.29 is 27.3 Å². The minimum absolute atomic E-state index is 0.0104. The van der Waals surface area contributed by atoms with Crippen LogP contribution < -0.4 is 11.1 Å². The number of nitrogen functional groups attached to an aromatic ring is 1. The normalized spacial score (nSPS) is 13.3. The minimum Gasteiger partial charge on any atom is -0.420 e. The monoisotopic (exact) mass is 1170 g/mol. The molecule has 2 aromatic heterocycles. The highest BCUT2D eigenvalue weighted by Gasteiger charge is 2.42. The zero-order valence-corrected chi connectivity index (χ0v) is 53.1. The molecule has 0 saturated heterocycles. The summed E-state index contributed by atoms with van der Waals surface area (Å²) in [7, 11) is -4.15. The van der Waals surface area contributed by atoms with Crippen LogP contribution in [0.15, 0.2) is 81.6 Å². The molecular formula is C60H79Cl3N8O6Si2. The quantitative estimate of drug-likeness (QED) is 0.0341. The van der Waals surface area contributed by atoms with E-state index >= 15 is 0 Å². The Kier molecular flexibility index (Phi) is 23.9. The predicted octanol–water partition coefficient (Wildman–Crippen LogP) is 17.8.